The lowest BCUT2D eigenvalue weighted by Gasteiger charge is -2.58. The average Bonchev–Trinajstić information content (AvgIpc) is 3.35. The molecule has 42 heavy (non-hydrogen) atoms. The molecule has 1 saturated carbocycles. The summed E-state index contributed by atoms with van der Waals surface area (Å²) >= 11 is 0. The van der Waals surface area contributed by atoms with Gasteiger partial charge in [-0.15, -0.1) is 0 Å². The highest BCUT2D eigenvalue weighted by atomic mass is 19.1. The van der Waals surface area contributed by atoms with Crippen molar-refractivity contribution in [1.29, 1.82) is 0 Å². The van der Waals surface area contributed by atoms with E-state index in [9.17, 15) is 14.0 Å². The maximum absolute atomic E-state index is 13.8. The van der Waals surface area contributed by atoms with Gasteiger partial charge in [-0.3, -0.25) is 9.88 Å². The van der Waals surface area contributed by atoms with Gasteiger partial charge in [-0.25, -0.2) is 23.9 Å². The van der Waals surface area contributed by atoms with Crippen molar-refractivity contribution in [2.45, 2.75) is 58.4 Å². The second-order valence-electron chi connectivity index (χ2n) is 12.0. The predicted octanol–water partition coefficient (Wildman–Crippen LogP) is 4.89. The first kappa shape index (κ1) is 27.7. The van der Waals surface area contributed by atoms with E-state index in [2.05, 4.69) is 19.9 Å². The first-order chi connectivity index (χ1) is 20.0. The molecule has 3 aromatic rings. The van der Waals surface area contributed by atoms with E-state index in [-0.39, 0.29) is 28.9 Å². The maximum Gasteiger partial charge on any atom is 0.410 e. The lowest BCUT2D eigenvalue weighted by molar-refractivity contribution is -0.0349. The normalized spacial score (nSPS) is 17.3. The largest absolute Gasteiger partial charge is 0.490 e. The number of nitrogens with zero attached hydrogens (tertiary/aromatic N) is 5. The van der Waals surface area contributed by atoms with Gasteiger partial charge in [0, 0.05) is 30.3 Å². The number of methoxy groups -OCH3 is 1. The quantitative estimate of drug-likeness (QED) is 0.375. The SMILES string of the molecule is COC(=O)c1cc(F)ccc1Oc1cncnc1N1CC2(CC(Oc3ccnc4c3CN(C(=O)OC(C)(C)C)C4)C2)C1. The molecule has 0 N–H and O–H groups in total. The number of carbonyl (C=O) groups is 2. The van der Waals surface area contributed by atoms with Gasteiger partial charge in [0.25, 0.3) is 0 Å². The minimum atomic E-state index is -0.705. The Kier molecular flexibility index (Phi) is 6.86. The fourth-order valence-electron chi connectivity index (χ4n) is 5.75. The monoisotopic (exact) mass is 577 g/mol. The van der Waals surface area contributed by atoms with Crippen LogP contribution in [0.15, 0.2) is 43.0 Å². The van der Waals surface area contributed by atoms with E-state index < -0.39 is 17.4 Å². The molecule has 6 rings (SSSR count). The molecule has 1 amide bonds. The number of aromatic nitrogens is 3. The minimum absolute atomic E-state index is 0.0248. The number of halogens is 1. The van der Waals surface area contributed by atoms with Crippen LogP contribution in [0.2, 0.25) is 0 Å². The molecule has 0 radical (unpaired) electrons. The van der Waals surface area contributed by atoms with Crippen LogP contribution in [0.3, 0.4) is 0 Å². The van der Waals surface area contributed by atoms with E-state index in [4.69, 9.17) is 18.9 Å². The van der Waals surface area contributed by atoms with Crippen molar-refractivity contribution in [3.8, 4) is 17.2 Å². The smallest absolute Gasteiger partial charge is 0.410 e. The van der Waals surface area contributed by atoms with Crippen LogP contribution in [0.25, 0.3) is 0 Å². The van der Waals surface area contributed by atoms with E-state index in [1.165, 1.54) is 31.8 Å². The first-order valence-corrected chi connectivity index (χ1v) is 13.7. The van der Waals surface area contributed by atoms with Gasteiger partial charge >= 0.3 is 12.1 Å². The third kappa shape index (κ3) is 5.40. The number of hydrogen-bond donors (Lipinski definition) is 0. The molecule has 1 aliphatic carbocycles. The van der Waals surface area contributed by atoms with E-state index >= 15 is 0 Å². The van der Waals surface area contributed by atoms with Gasteiger partial charge < -0.3 is 23.8 Å². The van der Waals surface area contributed by atoms with Gasteiger partial charge in [0.2, 0.25) is 0 Å². The summed E-state index contributed by atoms with van der Waals surface area (Å²) in [5.41, 5.74) is 1.26. The molecule has 1 saturated heterocycles. The number of rotatable bonds is 6. The molecule has 2 aliphatic heterocycles. The number of anilines is 1. The Balaban J connectivity index is 1.07. The summed E-state index contributed by atoms with van der Waals surface area (Å²) in [6.45, 7) is 7.86. The van der Waals surface area contributed by atoms with Crippen LogP contribution in [0.4, 0.5) is 15.0 Å². The second kappa shape index (κ2) is 10.4. The molecular formula is C30H32FN5O6. The van der Waals surface area contributed by atoms with Crippen LogP contribution in [-0.2, 0) is 22.6 Å². The van der Waals surface area contributed by atoms with Crippen LogP contribution in [0.1, 0.15) is 55.2 Å². The molecule has 4 heterocycles. The fraction of sp³-hybridized carbons (Fsp3) is 0.433. The number of hydrogen-bond acceptors (Lipinski definition) is 10. The van der Waals surface area contributed by atoms with Gasteiger partial charge in [-0.05, 0) is 57.9 Å². The van der Waals surface area contributed by atoms with Crippen molar-refractivity contribution >= 4 is 17.9 Å². The highest BCUT2D eigenvalue weighted by Gasteiger charge is 2.54. The second-order valence-corrected chi connectivity index (χ2v) is 12.0. The van der Waals surface area contributed by atoms with Gasteiger partial charge in [-0.1, -0.05) is 0 Å². The van der Waals surface area contributed by atoms with Gasteiger partial charge in [0.1, 0.15) is 40.9 Å². The summed E-state index contributed by atoms with van der Waals surface area (Å²) in [4.78, 5) is 41.4. The summed E-state index contributed by atoms with van der Waals surface area (Å²) < 4.78 is 36.5. The zero-order chi connectivity index (χ0) is 29.6. The summed E-state index contributed by atoms with van der Waals surface area (Å²) in [5.74, 6) is 0.586. The molecule has 2 fully saturated rings. The Morgan fingerprint density at radius 2 is 1.83 bits per heavy atom. The highest BCUT2D eigenvalue weighted by molar-refractivity contribution is 5.92. The van der Waals surface area contributed by atoms with E-state index in [1.807, 2.05) is 26.8 Å². The third-order valence-electron chi connectivity index (χ3n) is 7.64. The maximum atomic E-state index is 13.8. The Morgan fingerprint density at radius 1 is 1.05 bits per heavy atom. The molecule has 2 aromatic heterocycles. The Bertz CT molecular complexity index is 1530. The summed E-state index contributed by atoms with van der Waals surface area (Å²) in [7, 11) is 1.23. The van der Waals surface area contributed by atoms with Crippen molar-refractivity contribution in [1.82, 2.24) is 19.9 Å². The number of carbonyl (C=O) groups excluding carboxylic acids is 2. The van der Waals surface area contributed by atoms with E-state index in [0.717, 1.165) is 49.0 Å². The van der Waals surface area contributed by atoms with Crippen LogP contribution >= 0.6 is 0 Å². The number of fused-ring (bicyclic) bond motifs is 1. The van der Waals surface area contributed by atoms with Gasteiger partial charge in [0.05, 0.1) is 32.1 Å². The van der Waals surface area contributed by atoms with E-state index in [0.29, 0.717) is 24.7 Å². The van der Waals surface area contributed by atoms with Crippen LogP contribution in [-0.4, -0.2) is 63.8 Å². The van der Waals surface area contributed by atoms with Crippen molar-refractivity contribution in [2.75, 3.05) is 25.1 Å². The number of esters is 1. The average molecular weight is 578 g/mol. The molecular weight excluding hydrogens is 545 g/mol. The number of pyridine rings is 1. The van der Waals surface area contributed by atoms with Crippen LogP contribution in [0.5, 0.6) is 17.2 Å². The number of amides is 1. The van der Waals surface area contributed by atoms with Crippen molar-refractivity contribution in [2.24, 2.45) is 5.41 Å². The molecule has 220 valence electrons. The van der Waals surface area contributed by atoms with Crippen molar-refractivity contribution in [3.05, 3.63) is 65.6 Å². The molecule has 0 unspecified atom stereocenters. The topological polar surface area (TPSA) is 116 Å². The lowest BCUT2D eigenvalue weighted by atomic mass is 9.61. The van der Waals surface area contributed by atoms with Gasteiger partial charge in [0.15, 0.2) is 11.6 Å². The zero-order valence-corrected chi connectivity index (χ0v) is 23.9. The molecule has 1 aromatic carbocycles. The summed E-state index contributed by atoms with van der Waals surface area (Å²) in [6.07, 6.45) is 6.13. The summed E-state index contributed by atoms with van der Waals surface area (Å²) in [5, 5.41) is 0. The van der Waals surface area contributed by atoms with Crippen LogP contribution < -0.4 is 14.4 Å². The molecule has 0 atom stereocenters. The Labute approximate surface area is 242 Å². The Morgan fingerprint density at radius 3 is 2.57 bits per heavy atom. The zero-order valence-electron chi connectivity index (χ0n) is 23.9. The van der Waals surface area contributed by atoms with Crippen LogP contribution in [0, 0.1) is 11.2 Å². The first-order valence-electron chi connectivity index (χ1n) is 13.7. The Hall–Kier alpha value is -4.48. The van der Waals surface area contributed by atoms with Gasteiger partial charge in [-0.2, -0.15) is 0 Å². The molecule has 1 spiro atoms. The molecule has 11 nitrogen and oxygen atoms in total. The lowest BCUT2D eigenvalue weighted by Crippen LogP contribution is -2.65. The summed E-state index contributed by atoms with van der Waals surface area (Å²) in [6, 6.07) is 5.53. The fourth-order valence-corrected chi connectivity index (χ4v) is 5.75. The molecule has 12 heteroatoms. The van der Waals surface area contributed by atoms with E-state index in [1.54, 1.807) is 11.1 Å². The van der Waals surface area contributed by atoms with Crippen molar-refractivity contribution < 1.29 is 32.9 Å². The predicted molar refractivity (Wildman–Crippen MR) is 148 cm³/mol. The van der Waals surface area contributed by atoms with Crippen molar-refractivity contribution in [3.63, 3.8) is 0 Å². The molecule has 0 bridgehead atoms. The number of benzene rings is 1. The number of ether oxygens (including phenoxy) is 4. The highest BCUT2D eigenvalue weighted by Crippen LogP contribution is 2.52. The minimum Gasteiger partial charge on any atom is -0.490 e. The third-order valence-corrected chi connectivity index (χ3v) is 7.64. The molecule has 3 aliphatic rings. The standard InChI is InChI=1S/C30H32FN5O6/c1-29(2,3)42-28(38)35-13-21-22(14-35)33-8-7-24(21)40-19-10-30(11-19)15-36(16-30)26-25(12-32-17-34-26)41-23-6-5-18(31)9-20(23)27(37)39-4/h5-9,12,17,19H,10-11,13-16H2,1-4H3.